The number of hydrogen-bond acceptors (Lipinski definition) is 5. The van der Waals surface area contributed by atoms with Crippen molar-refractivity contribution in [2.75, 3.05) is 50.8 Å². The van der Waals surface area contributed by atoms with Crippen LogP contribution in [0, 0.1) is 0 Å². The van der Waals surface area contributed by atoms with Gasteiger partial charge in [-0.05, 0) is 6.42 Å². The van der Waals surface area contributed by atoms with Crippen LogP contribution in [-0.4, -0.2) is 67.0 Å². The molecule has 130 valence electrons. The largest absolute Gasteiger partial charge is 0.389 e. The summed E-state index contributed by atoms with van der Waals surface area (Å²) in [6.07, 6.45) is 4.95. The highest BCUT2D eigenvalue weighted by molar-refractivity contribution is 6.38. The van der Waals surface area contributed by atoms with Crippen molar-refractivity contribution < 1.29 is 9.84 Å². The predicted molar refractivity (Wildman–Crippen MR) is 94.6 cm³/mol. The Bertz CT molecular complexity index is 462. The molecule has 1 aromatic heterocycles. The highest BCUT2D eigenvalue weighted by Crippen LogP contribution is 2.32. The monoisotopic (exact) mass is 361 g/mol. The van der Waals surface area contributed by atoms with Crippen molar-refractivity contribution >= 4 is 28.9 Å². The molecule has 1 aromatic rings. The SMILES string of the molecule is CCCCOCC(O)CN1CCN(c2c(Cl)cncc2Cl)CC1. The van der Waals surface area contributed by atoms with E-state index in [-0.39, 0.29) is 0 Å². The number of aliphatic hydroxyl groups is 1. The highest BCUT2D eigenvalue weighted by Gasteiger charge is 2.22. The van der Waals surface area contributed by atoms with Gasteiger partial charge in [0.1, 0.15) is 0 Å². The molecule has 0 radical (unpaired) electrons. The lowest BCUT2D eigenvalue weighted by molar-refractivity contribution is 0.0150. The average Bonchev–Trinajstić information content (AvgIpc) is 2.53. The standard InChI is InChI=1S/C16H25Cl2N3O2/c1-2-3-8-23-12-13(22)11-20-4-6-21(7-5-20)16-14(17)9-19-10-15(16)18/h9-10,13,22H,2-8,11-12H2,1H3. The molecule has 23 heavy (non-hydrogen) atoms. The molecule has 2 rings (SSSR count). The van der Waals surface area contributed by atoms with E-state index in [0.717, 1.165) is 51.3 Å². The molecular formula is C16H25Cl2N3O2. The van der Waals surface area contributed by atoms with Gasteiger partial charge in [-0.1, -0.05) is 36.5 Å². The number of unbranched alkanes of at least 4 members (excludes halogenated alkanes) is 1. The van der Waals surface area contributed by atoms with Crippen LogP contribution in [0.5, 0.6) is 0 Å². The Balaban J connectivity index is 1.75. The number of β-amino-alcohol motifs (C(OH)–C–C–N with tert-alkyl or cyclic N) is 1. The summed E-state index contributed by atoms with van der Waals surface area (Å²) >= 11 is 12.4. The van der Waals surface area contributed by atoms with Crippen LogP contribution in [0.15, 0.2) is 12.4 Å². The van der Waals surface area contributed by atoms with Crippen LogP contribution in [-0.2, 0) is 4.74 Å². The number of nitrogens with zero attached hydrogens (tertiary/aromatic N) is 3. The van der Waals surface area contributed by atoms with Gasteiger partial charge in [0.15, 0.2) is 0 Å². The maximum Gasteiger partial charge on any atom is 0.0900 e. The van der Waals surface area contributed by atoms with Crippen LogP contribution in [0.1, 0.15) is 19.8 Å². The van der Waals surface area contributed by atoms with Crippen LogP contribution < -0.4 is 4.90 Å². The second-order valence-corrected chi connectivity index (χ2v) is 6.64. The first-order chi connectivity index (χ1) is 11.1. The molecule has 1 aliphatic rings. The minimum Gasteiger partial charge on any atom is -0.389 e. The summed E-state index contributed by atoms with van der Waals surface area (Å²) in [5.41, 5.74) is 0.853. The lowest BCUT2D eigenvalue weighted by Crippen LogP contribution is -2.49. The molecule has 0 amide bonds. The first-order valence-corrected chi connectivity index (χ1v) is 8.89. The quantitative estimate of drug-likeness (QED) is 0.721. The van der Waals surface area contributed by atoms with Crippen LogP contribution >= 0.6 is 23.2 Å². The molecule has 1 unspecified atom stereocenters. The van der Waals surface area contributed by atoms with Gasteiger partial charge >= 0.3 is 0 Å². The zero-order valence-electron chi connectivity index (χ0n) is 13.5. The minimum absolute atomic E-state index is 0.405. The Hall–Kier alpha value is -0.590. The summed E-state index contributed by atoms with van der Waals surface area (Å²) in [4.78, 5) is 8.40. The number of pyridine rings is 1. The van der Waals surface area contributed by atoms with Gasteiger partial charge in [-0.15, -0.1) is 0 Å². The third kappa shape index (κ3) is 5.76. The lowest BCUT2D eigenvalue weighted by Gasteiger charge is -2.37. The van der Waals surface area contributed by atoms with E-state index in [9.17, 15) is 5.11 Å². The maximum absolute atomic E-state index is 10.0. The topological polar surface area (TPSA) is 48.8 Å². The summed E-state index contributed by atoms with van der Waals surface area (Å²) in [6.45, 7) is 7.27. The molecule has 1 fully saturated rings. The van der Waals surface area contributed by atoms with E-state index < -0.39 is 6.10 Å². The number of halogens is 2. The summed E-state index contributed by atoms with van der Waals surface area (Å²) in [5, 5.41) is 11.2. The number of aromatic nitrogens is 1. The van der Waals surface area contributed by atoms with E-state index in [1.165, 1.54) is 0 Å². The van der Waals surface area contributed by atoms with Crippen molar-refractivity contribution in [3.05, 3.63) is 22.4 Å². The number of hydrogen-bond donors (Lipinski definition) is 1. The van der Waals surface area contributed by atoms with E-state index in [0.29, 0.717) is 23.2 Å². The van der Waals surface area contributed by atoms with Gasteiger partial charge in [0.25, 0.3) is 0 Å². The number of aliphatic hydroxyl groups excluding tert-OH is 1. The smallest absolute Gasteiger partial charge is 0.0900 e. The summed E-state index contributed by atoms with van der Waals surface area (Å²) in [6, 6.07) is 0. The minimum atomic E-state index is -0.438. The van der Waals surface area contributed by atoms with Gasteiger partial charge in [0.2, 0.25) is 0 Å². The van der Waals surface area contributed by atoms with Gasteiger partial charge in [-0.3, -0.25) is 9.88 Å². The van der Waals surface area contributed by atoms with E-state index in [2.05, 4.69) is 21.7 Å². The summed E-state index contributed by atoms with van der Waals surface area (Å²) < 4.78 is 5.47. The molecule has 2 heterocycles. The van der Waals surface area contributed by atoms with Gasteiger partial charge < -0.3 is 14.7 Å². The fourth-order valence-corrected chi connectivity index (χ4v) is 3.28. The van der Waals surface area contributed by atoms with Crippen molar-refractivity contribution in [3.63, 3.8) is 0 Å². The predicted octanol–water partition coefficient (Wildman–Crippen LogP) is 2.69. The van der Waals surface area contributed by atoms with Crippen molar-refractivity contribution in [3.8, 4) is 0 Å². The molecule has 5 nitrogen and oxygen atoms in total. The molecule has 1 saturated heterocycles. The van der Waals surface area contributed by atoms with Crippen LogP contribution in [0.25, 0.3) is 0 Å². The zero-order chi connectivity index (χ0) is 16.7. The second kappa shape index (κ2) is 9.64. The average molecular weight is 362 g/mol. The first kappa shape index (κ1) is 18.7. The summed E-state index contributed by atoms with van der Waals surface area (Å²) in [5.74, 6) is 0. The Kier molecular flexibility index (Phi) is 7.86. The van der Waals surface area contributed by atoms with Gasteiger partial charge in [-0.2, -0.15) is 0 Å². The zero-order valence-corrected chi connectivity index (χ0v) is 15.1. The van der Waals surface area contributed by atoms with E-state index >= 15 is 0 Å². The molecule has 0 aromatic carbocycles. The van der Waals surface area contributed by atoms with Crippen molar-refractivity contribution in [1.29, 1.82) is 0 Å². The Morgan fingerprint density at radius 2 is 1.87 bits per heavy atom. The van der Waals surface area contributed by atoms with Gasteiger partial charge in [0.05, 0.1) is 28.4 Å². The van der Waals surface area contributed by atoms with Crippen LogP contribution in [0.3, 0.4) is 0 Å². The third-order valence-corrected chi connectivity index (χ3v) is 4.49. The fraction of sp³-hybridized carbons (Fsp3) is 0.688. The van der Waals surface area contributed by atoms with E-state index in [4.69, 9.17) is 27.9 Å². The number of anilines is 1. The van der Waals surface area contributed by atoms with Gasteiger partial charge in [0, 0.05) is 51.7 Å². The van der Waals surface area contributed by atoms with Crippen LogP contribution in [0.2, 0.25) is 10.0 Å². The summed E-state index contributed by atoms with van der Waals surface area (Å²) in [7, 11) is 0. The number of piperazine rings is 1. The maximum atomic E-state index is 10.0. The number of rotatable bonds is 8. The van der Waals surface area contributed by atoms with E-state index in [1.54, 1.807) is 12.4 Å². The second-order valence-electron chi connectivity index (χ2n) is 5.82. The highest BCUT2D eigenvalue weighted by atomic mass is 35.5. The van der Waals surface area contributed by atoms with Crippen LogP contribution in [0.4, 0.5) is 5.69 Å². The first-order valence-electron chi connectivity index (χ1n) is 8.14. The third-order valence-electron chi connectivity index (χ3n) is 3.94. The Morgan fingerprint density at radius 3 is 2.48 bits per heavy atom. The van der Waals surface area contributed by atoms with E-state index in [1.807, 2.05) is 0 Å². The number of ether oxygens (including phenoxy) is 1. The van der Waals surface area contributed by atoms with Crippen molar-refractivity contribution in [1.82, 2.24) is 9.88 Å². The molecular weight excluding hydrogens is 337 g/mol. The lowest BCUT2D eigenvalue weighted by atomic mass is 10.2. The molecule has 0 spiro atoms. The Labute approximate surface area is 148 Å². The van der Waals surface area contributed by atoms with Gasteiger partial charge in [-0.25, -0.2) is 0 Å². The molecule has 0 saturated carbocycles. The molecule has 7 heteroatoms. The molecule has 1 N–H and O–H groups in total. The fourth-order valence-electron chi connectivity index (χ4n) is 2.68. The van der Waals surface area contributed by atoms with Crippen molar-refractivity contribution in [2.24, 2.45) is 0 Å². The molecule has 0 bridgehead atoms. The van der Waals surface area contributed by atoms with Crippen molar-refractivity contribution in [2.45, 2.75) is 25.9 Å². The normalized spacial score (nSPS) is 17.5. The molecule has 1 atom stereocenters. The Morgan fingerprint density at radius 1 is 1.22 bits per heavy atom. The molecule has 1 aliphatic heterocycles. The molecule has 0 aliphatic carbocycles.